The predicted octanol–water partition coefficient (Wildman–Crippen LogP) is 3.34. The lowest BCUT2D eigenvalue weighted by atomic mass is 10.1. The highest BCUT2D eigenvalue weighted by Crippen LogP contribution is 2.31. The second kappa shape index (κ2) is 7.48. The number of nitrogens with zero attached hydrogens (tertiary/aromatic N) is 3. The smallest absolute Gasteiger partial charge is 0.223 e. The third-order valence-corrected chi connectivity index (χ3v) is 5.07. The van der Waals surface area contributed by atoms with Crippen molar-refractivity contribution in [2.75, 3.05) is 20.3 Å². The number of para-hydroxylation sites is 2. The highest BCUT2D eigenvalue weighted by molar-refractivity contribution is 5.81. The summed E-state index contributed by atoms with van der Waals surface area (Å²) in [6.07, 6.45) is 0.442. The lowest BCUT2D eigenvalue weighted by Crippen LogP contribution is -2.24. The zero-order chi connectivity index (χ0) is 18.8. The predicted molar refractivity (Wildman–Crippen MR) is 101 cm³/mol. The van der Waals surface area contributed by atoms with E-state index in [1.165, 1.54) is 12.1 Å². The van der Waals surface area contributed by atoms with Gasteiger partial charge < -0.3 is 14.2 Å². The molecule has 1 atom stereocenters. The number of imidazole rings is 1. The molecule has 0 spiro atoms. The van der Waals surface area contributed by atoms with Crippen molar-refractivity contribution in [2.45, 2.75) is 25.4 Å². The molecule has 27 heavy (non-hydrogen) atoms. The van der Waals surface area contributed by atoms with Gasteiger partial charge in [0.15, 0.2) is 0 Å². The van der Waals surface area contributed by atoms with E-state index < -0.39 is 0 Å². The third-order valence-electron chi connectivity index (χ3n) is 5.07. The molecule has 2 heterocycles. The Morgan fingerprint density at radius 2 is 1.96 bits per heavy atom. The van der Waals surface area contributed by atoms with Crippen LogP contribution in [0.3, 0.4) is 0 Å². The number of amides is 1. The molecule has 0 unspecified atom stereocenters. The average Bonchev–Trinajstić information content (AvgIpc) is 3.22. The maximum atomic E-state index is 13.1. The molecule has 0 N–H and O–H groups in total. The van der Waals surface area contributed by atoms with Crippen LogP contribution in [0, 0.1) is 5.82 Å². The Labute approximate surface area is 157 Å². The van der Waals surface area contributed by atoms with Crippen LogP contribution in [0.5, 0.6) is 0 Å². The van der Waals surface area contributed by atoms with Gasteiger partial charge in [0.25, 0.3) is 0 Å². The van der Waals surface area contributed by atoms with Crippen LogP contribution in [-0.4, -0.2) is 40.6 Å². The summed E-state index contributed by atoms with van der Waals surface area (Å²) in [5, 5.41) is 0. The van der Waals surface area contributed by atoms with Gasteiger partial charge in [0.1, 0.15) is 11.6 Å². The summed E-state index contributed by atoms with van der Waals surface area (Å²) in [7, 11) is 1.68. The fourth-order valence-corrected chi connectivity index (χ4v) is 3.73. The molecule has 3 aromatic rings. The van der Waals surface area contributed by atoms with E-state index in [9.17, 15) is 9.18 Å². The second-order valence-corrected chi connectivity index (χ2v) is 6.90. The van der Waals surface area contributed by atoms with Crippen LogP contribution in [0.2, 0.25) is 0 Å². The number of hydrogen-bond donors (Lipinski definition) is 0. The van der Waals surface area contributed by atoms with Crippen LogP contribution in [0.1, 0.15) is 23.7 Å². The van der Waals surface area contributed by atoms with Crippen molar-refractivity contribution in [1.82, 2.24) is 14.5 Å². The van der Waals surface area contributed by atoms with E-state index in [2.05, 4.69) is 10.6 Å². The molecule has 6 heteroatoms. The van der Waals surface area contributed by atoms with Crippen LogP contribution >= 0.6 is 0 Å². The molecule has 140 valence electrons. The van der Waals surface area contributed by atoms with Crippen molar-refractivity contribution in [3.8, 4) is 0 Å². The molecule has 5 nitrogen and oxygen atoms in total. The summed E-state index contributed by atoms with van der Waals surface area (Å²) in [6, 6.07) is 14.3. The number of ether oxygens (including phenoxy) is 1. The molecular weight excluding hydrogens is 345 g/mol. The number of fused-ring (bicyclic) bond motifs is 1. The average molecular weight is 367 g/mol. The quantitative estimate of drug-likeness (QED) is 0.671. The maximum Gasteiger partial charge on any atom is 0.223 e. The molecule has 0 radical (unpaired) electrons. The van der Waals surface area contributed by atoms with Crippen LogP contribution in [0.25, 0.3) is 11.0 Å². The van der Waals surface area contributed by atoms with E-state index in [4.69, 9.17) is 9.72 Å². The number of aromatic nitrogens is 2. The van der Waals surface area contributed by atoms with E-state index in [1.807, 2.05) is 23.1 Å². The van der Waals surface area contributed by atoms with E-state index >= 15 is 0 Å². The number of benzene rings is 2. The fraction of sp³-hybridized carbons (Fsp3) is 0.333. The van der Waals surface area contributed by atoms with Crippen molar-refractivity contribution in [3.63, 3.8) is 0 Å². The van der Waals surface area contributed by atoms with Gasteiger partial charge in [-0.05, 0) is 29.8 Å². The summed E-state index contributed by atoms with van der Waals surface area (Å²) in [5.74, 6) is 0.816. The standard InChI is InChI=1S/C21H22FN3O2/c1-27-11-10-25-19-5-3-2-4-18(19)23-21(25)16-12-20(26)24(14-16)13-15-6-8-17(22)9-7-15/h2-9,16H,10-14H2,1H3/t16-/m1/s1. The topological polar surface area (TPSA) is 47.4 Å². The minimum Gasteiger partial charge on any atom is -0.383 e. The molecule has 1 saturated heterocycles. The molecule has 2 aromatic carbocycles. The van der Waals surface area contributed by atoms with Gasteiger partial charge in [-0.1, -0.05) is 24.3 Å². The number of carbonyl (C=O) groups excluding carboxylic acids is 1. The molecule has 4 rings (SSSR count). The zero-order valence-corrected chi connectivity index (χ0v) is 15.3. The number of carbonyl (C=O) groups is 1. The molecule has 0 saturated carbocycles. The largest absolute Gasteiger partial charge is 0.383 e. The zero-order valence-electron chi connectivity index (χ0n) is 15.3. The van der Waals surface area contributed by atoms with Crippen LogP contribution in [0.4, 0.5) is 4.39 Å². The summed E-state index contributed by atoms with van der Waals surface area (Å²) < 4.78 is 20.5. The van der Waals surface area contributed by atoms with E-state index in [-0.39, 0.29) is 17.6 Å². The second-order valence-electron chi connectivity index (χ2n) is 6.90. The summed E-state index contributed by atoms with van der Waals surface area (Å²) in [4.78, 5) is 19.2. The first-order valence-electron chi connectivity index (χ1n) is 9.12. The number of methoxy groups -OCH3 is 1. The van der Waals surface area contributed by atoms with Gasteiger partial charge in [-0.25, -0.2) is 9.37 Å². The highest BCUT2D eigenvalue weighted by Gasteiger charge is 2.33. The Hall–Kier alpha value is -2.73. The van der Waals surface area contributed by atoms with Gasteiger partial charge in [0, 0.05) is 39.1 Å². The Morgan fingerprint density at radius 3 is 2.74 bits per heavy atom. The monoisotopic (exact) mass is 367 g/mol. The van der Waals surface area contributed by atoms with Crippen LogP contribution in [0.15, 0.2) is 48.5 Å². The molecule has 0 bridgehead atoms. The SMILES string of the molecule is COCCn1c([C@@H]2CC(=O)N(Cc3ccc(F)cc3)C2)nc2ccccc21. The summed E-state index contributed by atoms with van der Waals surface area (Å²) in [6.45, 7) is 2.41. The lowest BCUT2D eigenvalue weighted by Gasteiger charge is -2.17. The maximum absolute atomic E-state index is 13.1. The van der Waals surface area contributed by atoms with Gasteiger partial charge >= 0.3 is 0 Å². The number of rotatable bonds is 6. The molecular formula is C21H22FN3O2. The summed E-state index contributed by atoms with van der Waals surface area (Å²) >= 11 is 0. The van der Waals surface area contributed by atoms with E-state index in [0.29, 0.717) is 32.7 Å². The summed E-state index contributed by atoms with van der Waals surface area (Å²) in [5.41, 5.74) is 2.93. The number of likely N-dealkylation sites (tertiary alicyclic amines) is 1. The van der Waals surface area contributed by atoms with Gasteiger partial charge in [-0.2, -0.15) is 0 Å². The van der Waals surface area contributed by atoms with Crippen molar-refractivity contribution < 1.29 is 13.9 Å². The first kappa shape index (κ1) is 17.7. The minimum absolute atomic E-state index is 0.0437. The molecule has 1 aliphatic heterocycles. The fourth-order valence-electron chi connectivity index (χ4n) is 3.73. The Bertz CT molecular complexity index is 952. The minimum atomic E-state index is -0.267. The lowest BCUT2D eigenvalue weighted by molar-refractivity contribution is -0.128. The van der Waals surface area contributed by atoms with Gasteiger partial charge in [-0.15, -0.1) is 0 Å². The molecule has 1 fully saturated rings. The van der Waals surface area contributed by atoms with Crippen molar-refractivity contribution in [3.05, 3.63) is 65.7 Å². The molecule has 1 aliphatic rings. The van der Waals surface area contributed by atoms with Crippen molar-refractivity contribution in [1.29, 1.82) is 0 Å². The third kappa shape index (κ3) is 3.57. The van der Waals surface area contributed by atoms with Gasteiger partial charge in [-0.3, -0.25) is 4.79 Å². The van der Waals surface area contributed by atoms with Crippen LogP contribution < -0.4 is 0 Å². The molecule has 1 amide bonds. The van der Waals surface area contributed by atoms with Gasteiger partial charge in [0.05, 0.1) is 17.6 Å². The van der Waals surface area contributed by atoms with E-state index in [0.717, 1.165) is 22.4 Å². The van der Waals surface area contributed by atoms with Crippen LogP contribution in [-0.2, 0) is 22.6 Å². The molecule has 1 aromatic heterocycles. The first-order chi connectivity index (χ1) is 13.2. The number of halogens is 1. The normalized spacial score (nSPS) is 17.2. The molecule has 0 aliphatic carbocycles. The number of hydrogen-bond acceptors (Lipinski definition) is 3. The van der Waals surface area contributed by atoms with Crippen molar-refractivity contribution >= 4 is 16.9 Å². The van der Waals surface area contributed by atoms with E-state index in [1.54, 1.807) is 19.2 Å². The first-order valence-corrected chi connectivity index (χ1v) is 9.12. The van der Waals surface area contributed by atoms with Crippen molar-refractivity contribution in [2.24, 2.45) is 0 Å². The Balaban J connectivity index is 1.58. The Morgan fingerprint density at radius 1 is 1.19 bits per heavy atom. The highest BCUT2D eigenvalue weighted by atomic mass is 19.1. The Kier molecular flexibility index (Phi) is 4.90. The van der Waals surface area contributed by atoms with Gasteiger partial charge in [0.2, 0.25) is 5.91 Å².